The molecule has 1 N–H and O–H groups in total. The maximum atomic E-state index is 4.83. The summed E-state index contributed by atoms with van der Waals surface area (Å²) in [6, 6.07) is 45.4. The van der Waals surface area contributed by atoms with Crippen LogP contribution in [0.25, 0.3) is 82.6 Å². The zero-order chi connectivity index (χ0) is 26.9. The van der Waals surface area contributed by atoms with Crippen molar-refractivity contribution in [1.29, 1.82) is 0 Å². The summed E-state index contributed by atoms with van der Waals surface area (Å²) < 4.78 is 12.0. The summed E-state index contributed by atoms with van der Waals surface area (Å²) in [5.41, 5.74) is 12.3. The van der Waals surface area contributed by atoms with Crippen LogP contribution in [0.5, 0.6) is 0 Å². The van der Waals surface area contributed by atoms with Gasteiger partial charge in [-0.25, -0.2) is 0 Å². The minimum atomic E-state index is 0.948. The fraction of sp³-hybridized carbons (Fsp3) is 0. The number of nitrogens with one attached hydrogen (secondary N) is 1. The fourth-order valence-electron chi connectivity index (χ4n) is 6.43. The van der Waals surface area contributed by atoms with Crippen LogP contribution in [0, 0.1) is 0 Å². The highest BCUT2D eigenvalue weighted by Crippen LogP contribution is 2.43. The van der Waals surface area contributed by atoms with Crippen molar-refractivity contribution in [2.45, 2.75) is 0 Å². The number of H-pyrrole nitrogens is 1. The molecular formula is C36H22N4S. The van der Waals surface area contributed by atoms with E-state index in [1.54, 1.807) is 0 Å². The Hall–Kier alpha value is -5.26. The summed E-state index contributed by atoms with van der Waals surface area (Å²) in [5, 5.41) is 4.76. The van der Waals surface area contributed by atoms with E-state index in [1.165, 1.54) is 50.0 Å². The topological polar surface area (TPSA) is 46.5 Å². The van der Waals surface area contributed by atoms with Crippen LogP contribution in [-0.2, 0) is 0 Å². The molecule has 0 spiro atoms. The lowest BCUT2D eigenvalue weighted by Crippen LogP contribution is -1.94. The van der Waals surface area contributed by atoms with E-state index in [4.69, 9.17) is 8.75 Å². The Balaban J connectivity index is 1.32. The maximum absolute atomic E-state index is 4.83. The third-order valence-electron chi connectivity index (χ3n) is 8.22. The number of aromatic nitrogens is 4. The Morgan fingerprint density at radius 3 is 2.10 bits per heavy atom. The number of rotatable bonds is 3. The zero-order valence-electron chi connectivity index (χ0n) is 21.9. The minimum absolute atomic E-state index is 0.948. The molecule has 0 saturated heterocycles. The molecule has 4 nitrogen and oxygen atoms in total. The van der Waals surface area contributed by atoms with Gasteiger partial charge in [-0.2, -0.15) is 8.75 Å². The van der Waals surface area contributed by atoms with Crippen LogP contribution in [-0.4, -0.2) is 18.3 Å². The summed E-state index contributed by atoms with van der Waals surface area (Å²) in [7, 11) is 0. The first-order chi connectivity index (χ1) is 20.3. The number of fused-ring (bicyclic) bond motifs is 8. The Bertz CT molecular complexity index is 2410. The van der Waals surface area contributed by atoms with E-state index < -0.39 is 0 Å². The molecule has 0 radical (unpaired) electrons. The van der Waals surface area contributed by atoms with Crippen LogP contribution in [0.15, 0.2) is 127 Å². The first-order valence-electron chi connectivity index (χ1n) is 13.7. The Morgan fingerprint density at radius 1 is 0.512 bits per heavy atom. The summed E-state index contributed by atoms with van der Waals surface area (Å²) in [6.07, 6.45) is 0. The maximum Gasteiger partial charge on any atom is 0.115 e. The van der Waals surface area contributed by atoms with Crippen molar-refractivity contribution in [3.05, 3.63) is 127 Å². The molecule has 5 heteroatoms. The van der Waals surface area contributed by atoms with Crippen molar-refractivity contribution >= 4 is 66.4 Å². The first kappa shape index (κ1) is 22.5. The molecule has 6 aromatic carbocycles. The van der Waals surface area contributed by atoms with Crippen molar-refractivity contribution in [1.82, 2.24) is 18.3 Å². The van der Waals surface area contributed by atoms with Gasteiger partial charge in [0, 0.05) is 43.8 Å². The van der Waals surface area contributed by atoms with Crippen molar-refractivity contribution < 1.29 is 0 Å². The summed E-state index contributed by atoms with van der Waals surface area (Å²) in [4.78, 5) is 3.64. The van der Waals surface area contributed by atoms with Crippen LogP contribution < -0.4 is 0 Å². The van der Waals surface area contributed by atoms with Crippen molar-refractivity contribution in [2.24, 2.45) is 0 Å². The minimum Gasteiger partial charge on any atom is -0.354 e. The smallest absolute Gasteiger partial charge is 0.115 e. The zero-order valence-corrected chi connectivity index (χ0v) is 22.7. The Labute approximate surface area is 239 Å². The molecule has 9 rings (SSSR count). The molecular weight excluding hydrogens is 520 g/mol. The van der Waals surface area contributed by atoms with Crippen molar-refractivity contribution in [3.63, 3.8) is 0 Å². The Kier molecular flexibility index (Phi) is 4.74. The van der Waals surface area contributed by atoms with E-state index >= 15 is 0 Å². The van der Waals surface area contributed by atoms with Crippen LogP contribution in [0.2, 0.25) is 0 Å². The van der Waals surface area contributed by atoms with Gasteiger partial charge in [-0.05, 0) is 53.1 Å². The highest BCUT2D eigenvalue weighted by atomic mass is 32.1. The highest BCUT2D eigenvalue weighted by Gasteiger charge is 2.21. The van der Waals surface area contributed by atoms with Gasteiger partial charge in [-0.1, -0.05) is 91.0 Å². The standard InChI is InChI=1S/C36H22N4S/c1-2-9-22(10-3-1)23-17-19-24(20-18-23)40-31-15-7-5-12-27(31)33-25(13-8-16-32(33)40)28-21-30-34(36-35(28)38-41-39-36)26-11-4-6-14-29(26)37-30/h1-21,37H. The second-order valence-electron chi connectivity index (χ2n) is 10.4. The number of benzene rings is 6. The first-order valence-corrected chi connectivity index (χ1v) is 14.4. The molecule has 3 heterocycles. The fourth-order valence-corrected chi connectivity index (χ4v) is 7.00. The molecule has 41 heavy (non-hydrogen) atoms. The number of aromatic amines is 1. The molecule has 3 aromatic heterocycles. The normalized spacial score (nSPS) is 11.9. The second-order valence-corrected chi connectivity index (χ2v) is 11.0. The monoisotopic (exact) mass is 542 g/mol. The van der Waals surface area contributed by atoms with E-state index in [1.807, 2.05) is 0 Å². The van der Waals surface area contributed by atoms with Gasteiger partial charge in [0.25, 0.3) is 0 Å². The third kappa shape index (κ3) is 3.27. The van der Waals surface area contributed by atoms with E-state index in [0.29, 0.717) is 0 Å². The second kappa shape index (κ2) is 8.62. The van der Waals surface area contributed by atoms with E-state index in [2.05, 4.69) is 137 Å². The predicted molar refractivity (Wildman–Crippen MR) is 172 cm³/mol. The average Bonchev–Trinajstić information content (AvgIpc) is 3.75. The van der Waals surface area contributed by atoms with E-state index in [-0.39, 0.29) is 0 Å². The number of para-hydroxylation sites is 2. The van der Waals surface area contributed by atoms with Crippen LogP contribution in [0.4, 0.5) is 0 Å². The van der Waals surface area contributed by atoms with E-state index in [9.17, 15) is 0 Å². The van der Waals surface area contributed by atoms with Gasteiger partial charge in [0.05, 0.1) is 22.8 Å². The lowest BCUT2D eigenvalue weighted by molar-refractivity contribution is 1.18. The van der Waals surface area contributed by atoms with Gasteiger partial charge in [0.1, 0.15) is 11.0 Å². The van der Waals surface area contributed by atoms with Crippen LogP contribution in [0.1, 0.15) is 0 Å². The molecule has 0 saturated carbocycles. The van der Waals surface area contributed by atoms with Crippen molar-refractivity contribution in [2.75, 3.05) is 0 Å². The molecule has 0 unspecified atom stereocenters. The molecule has 0 amide bonds. The highest BCUT2D eigenvalue weighted by molar-refractivity contribution is 7.00. The molecule has 0 aliphatic carbocycles. The van der Waals surface area contributed by atoms with Gasteiger partial charge in [-0.15, -0.1) is 0 Å². The van der Waals surface area contributed by atoms with Crippen molar-refractivity contribution in [3.8, 4) is 27.9 Å². The summed E-state index contributed by atoms with van der Waals surface area (Å²) in [6.45, 7) is 0. The SMILES string of the molecule is c1ccc(-c2ccc(-n3c4ccccc4c4c(-c5cc6[nH]c7ccccc7c6c6nsnc56)cccc43)cc2)cc1. The number of nitrogens with zero attached hydrogens (tertiary/aromatic N) is 3. The number of hydrogen-bond acceptors (Lipinski definition) is 3. The van der Waals surface area contributed by atoms with Gasteiger partial charge in [0.2, 0.25) is 0 Å². The van der Waals surface area contributed by atoms with Gasteiger partial charge in [-0.3, -0.25) is 0 Å². The van der Waals surface area contributed by atoms with Crippen LogP contribution in [0.3, 0.4) is 0 Å². The van der Waals surface area contributed by atoms with Gasteiger partial charge < -0.3 is 9.55 Å². The summed E-state index contributed by atoms with van der Waals surface area (Å²) >= 11 is 1.28. The third-order valence-corrected chi connectivity index (χ3v) is 8.75. The lowest BCUT2D eigenvalue weighted by atomic mass is 9.96. The lowest BCUT2D eigenvalue weighted by Gasteiger charge is -2.10. The van der Waals surface area contributed by atoms with Gasteiger partial charge in [0.15, 0.2) is 0 Å². The molecule has 0 bridgehead atoms. The molecule has 0 fully saturated rings. The van der Waals surface area contributed by atoms with Gasteiger partial charge >= 0.3 is 0 Å². The number of hydrogen-bond donors (Lipinski definition) is 1. The van der Waals surface area contributed by atoms with E-state index in [0.717, 1.165) is 44.3 Å². The van der Waals surface area contributed by atoms with Crippen LogP contribution >= 0.6 is 11.7 Å². The average molecular weight is 543 g/mol. The summed E-state index contributed by atoms with van der Waals surface area (Å²) in [5.74, 6) is 0. The molecule has 9 aromatic rings. The Morgan fingerprint density at radius 2 is 1.22 bits per heavy atom. The molecule has 192 valence electrons. The quantitative estimate of drug-likeness (QED) is 0.241. The molecule has 0 aliphatic rings. The predicted octanol–water partition coefficient (Wildman–Crippen LogP) is 9.76. The largest absolute Gasteiger partial charge is 0.354 e. The molecule has 0 aliphatic heterocycles. The molecule has 0 atom stereocenters.